The van der Waals surface area contributed by atoms with E-state index in [0.717, 1.165) is 13.2 Å². The van der Waals surface area contributed by atoms with Crippen molar-refractivity contribution >= 4 is 27.6 Å². The van der Waals surface area contributed by atoms with Crippen molar-refractivity contribution in [3.63, 3.8) is 0 Å². The van der Waals surface area contributed by atoms with E-state index in [-0.39, 0.29) is 16.1 Å². The maximum Gasteiger partial charge on any atom is 0.330 e. The van der Waals surface area contributed by atoms with Gasteiger partial charge in [0.2, 0.25) is 0 Å². The number of sulfonamides is 1. The van der Waals surface area contributed by atoms with Crippen LogP contribution in [0.15, 0.2) is 47.4 Å². The maximum atomic E-state index is 13.7. The second kappa shape index (κ2) is 8.81. The summed E-state index contributed by atoms with van der Waals surface area (Å²) in [6, 6.07) is 7.71. The number of aryl methyl sites for hydroxylation is 1. The summed E-state index contributed by atoms with van der Waals surface area (Å²) < 4.78 is 45.2. The lowest BCUT2D eigenvalue weighted by molar-refractivity contribution is -0.143. The van der Waals surface area contributed by atoms with Crippen LogP contribution in [0.4, 0.5) is 10.1 Å². The molecule has 0 aliphatic heterocycles. The molecule has 0 aromatic heterocycles. The van der Waals surface area contributed by atoms with E-state index in [9.17, 15) is 22.4 Å². The van der Waals surface area contributed by atoms with Crippen LogP contribution < -0.4 is 10.0 Å². The minimum atomic E-state index is -4.08. The van der Waals surface area contributed by atoms with Crippen LogP contribution in [-0.4, -0.2) is 45.2 Å². The van der Waals surface area contributed by atoms with Gasteiger partial charge < -0.3 is 15.2 Å². The first-order valence-corrected chi connectivity index (χ1v) is 9.55. The van der Waals surface area contributed by atoms with Crippen LogP contribution in [0, 0.1) is 12.7 Å². The number of carbonyl (C=O) groups is 2. The van der Waals surface area contributed by atoms with Gasteiger partial charge in [-0.25, -0.2) is 17.6 Å². The Morgan fingerprint density at radius 3 is 2.54 bits per heavy atom. The van der Waals surface area contributed by atoms with Gasteiger partial charge in [0, 0.05) is 11.3 Å². The summed E-state index contributed by atoms with van der Waals surface area (Å²) in [6.07, 6.45) is 0. The normalized spacial score (nSPS) is 12.1. The van der Waals surface area contributed by atoms with E-state index in [0.29, 0.717) is 5.56 Å². The number of anilines is 1. The SMILES string of the molecule is COC(=O)[C@@H](CO)NC(=O)c1cccc(NS(=O)(=O)c2ccc(C)c(F)c2)c1. The van der Waals surface area contributed by atoms with Crippen LogP contribution >= 0.6 is 0 Å². The summed E-state index contributed by atoms with van der Waals surface area (Å²) in [6.45, 7) is 0.846. The summed E-state index contributed by atoms with van der Waals surface area (Å²) in [5, 5.41) is 11.4. The van der Waals surface area contributed by atoms with Crippen LogP contribution in [0.2, 0.25) is 0 Å². The highest BCUT2D eigenvalue weighted by atomic mass is 32.2. The lowest BCUT2D eigenvalue weighted by Gasteiger charge is -2.14. The highest BCUT2D eigenvalue weighted by molar-refractivity contribution is 7.92. The third-order valence-corrected chi connectivity index (χ3v) is 5.18. The third-order valence-electron chi connectivity index (χ3n) is 3.80. The van der Waals surface area contributed by atoms with Crippen molar-refractivity contribution in [2.24, 2.45) is 0 Å². The molecule has 28 heavy (non-hydrogen) atoms. The average Bonchev–Trinajstić information content (AvgIpc) is 2.67. The third kappa shape index (κ3) is 5.05. The average molecular weight is 410 g/mol. The first-order valence-electron chi connectivity index (χ1n) is 8.06. The van der Waals surface area contributed by atoms with Crippen LogP contribution in [0.3, 0.4) is 0 Å². The molecule has 3 N–H and O–H groups in total. The van der Waals surface area contributed by atoms with Gasteiger partial charge in [-0.15, -0.1) is 0 Å². The van der Waals surface area contributed by atoms with Gasteiger partial charge >= 0.3 is 5.97 Å². The molecule has 1 atom stereocenters. The number of halogens is 1. The zero-order chi connectivity index (χ0) is 20.9. The number of carbonyl (C=O) groups excluding carboxylic acids is 2. The summed E-state index contributed by atoms with van der Waals surface area (Å²) in [5.41, 5.74) is 0.409. The highest BCUT2D eigenvalue weighted by Gasteiger charge is 2.22. The molecule has 0 aliphatic carbocycles. The number of esters is 1. The quantitative estimate of drug-likeness (QED) is 0.590. The Kier molecular flexibility index (Phi) is 6.71. The van der Waals surface area contributed by atoms with Gasteiger partial charge in [0.05, 0.1) is 18.6 Å². The number of amides is 1. The molecule has 0 saturated carbocycles. The second-order valence-corrected chi connectivity index (χ2v) is 7.51. The smallest absolute Gasteiger partial charge is 0.330 e. The number of nitrogens with one attached hydrogen (secondary N) is 2. The molecule has 0 bridgehead atoms. The van der Waals surface area contributed by atoms with E-state index in [1.165, 1.54) is 43.3 Å². The molecule has 0 heterocycles. The Labute approximate surface area is 161 Å². The molecule has 0 unspecified atom stereocenters. The van der Waals surface area contributed by atoms with Crippen molar-refractivity contribution in [1.82, 2.24) is 5.32 Å². The molecule has 1 amide bonds. The molecule has 150 valence electrons. The van der Waals surface area contributed by atoms with Gasteiger partial charge in [-0.05, 0) is 42.8 Å². The summed E-state index contributed by atoms with van der Waals surface area (Å²) >= 11 is 0. The van der Waals surface area contributed by atoms with E-state index in [4.69, 9.17) is 5.11 Å². The molecule has 10 heteroatoms. The van der Waals surface area contributed by atoms with E-state index in [1.54, 1.807) is 0 Å². The zero-order valence-corrected chi connectivity index (χ0v) is 15.9. The number of methoxy groups -OCH3 is 1. The molecular weight excluding hydrogens is 391 g/mol. The van der Waals surface area contributed by atoms with Crippen LogP contribution in [0.25, 0.3) is 0 Å². The van der Waals surface area contributed by atoms with Crippen molar-refractivity contribution < 1.29 is 32.2 Å². The van der Waals surface area contributed by atoms with Crippen LogP contribution in [0.1, 0.15) is 15.9 Å². The van der Waals surface area contributed by atoms with Crippen LogP contribution in [-0.2, 0) is 19.6 Å². The topological polar surface area (TPSA) is 122 Å². The largest absolute Gasteiger partial charge is 0.467 e. The predicted molar refractivity (Wildman–Crippen MR) is 98.7 cm³/mol. The molecule has 0 spiro atoms. The maximum absolute atomic E-state index is 13.7. The van der Waals surface area contributed by atoms with Gasteiger partial charge in [0.15, 0.2) is 6.04 Å². The van der Waals surface area contributed by atoms with E-state index >= 15 is 0 Å². The van der Waals surface area contributed by atoms with Crippen molar-refractivity contribution in [2.45, 2.75) is 17.9 Å². The first-order chi connectivity index (χ1) is 13.2. The lowest BCUT2D eigenvalue weighted by Crippen LogP contribution is -2.44. The van der Waals surface area contributed by atoms with Gasteiger partial charge in [-0.3, -0.25) is 9.52 Å². The zero-order valence-electron chi connectivity index (χ0n) is 15.1. The number of aliphatic hydroxyl groups excluding tert-OH is 1. The standard InChI is InChI=1S/C18H19FN2O6S/c1-11-6-7-14(9-15(11)19)28(25,26)21-13-5-3-4-12(8-13)17(23)20-16(10-22)18(24)27-2/h3-9,16,21-22H,10H2,1-2H3,(H,20,23)/t16-/m1/s1. The van der Waals surface area contributed by atoms with Crippen molar-refractivity contribution in [2.75, 3.05) is 18.4 Å². The van der Waals surface area contributed by atoms with Gasteiger partial charge in [0.25, 0.3) is 15.9 Å². The number of ether oxygens (including phenoxy) is 1. The fourth-order valence-corrected chi connectivity index (χ4v) is 3.30. The summed E-state index contributed by atoms with van der Waals surface area (Å²) in [7, 11) is -2.96. The monoisotopic (exact) mass is 410 g/mol. The van der Waals surface area contributed by atoms with Crippen molar-refractivity contribution in [3.05, 3.63) is 59.4 Å². The summed E-state index contributed by atoms with van der Waals surface area (Å²) in [5.74, 6) is -2.20. The van der Waals surface area contributed by atoms with Crippen molar-refractivity contribution in [1.29, 1.82) is 0 Å². The highest BCUT2D eigenvalue weighted by Crippen LogP contribution is 2.19. The molecule has 0 aliphatic rings. The van der Waals surface area contributed by atoms with E-state index in [2.05, 4.69) is 14.8 Å². The number of hydrogen-bond donors (Lipinski definition) is 3. The fourth-order valence-electron chi connectivity index (χ4n) is 2.24. The molecular formula is C18H19FN2O6S. The lowest BCUT2D eigenvalue weighted by atomic mass is 10.2. The molecule has 0 fully saturated rings. The fraction of sp³-hybridized carbons (Fsp3) is 0.222. The van der Waals surface area contributed by atoms with Gasteiger partial charge in [0.1, 0.15) is 5.82 Å². The Morgan fingerprint density at radius 1 is 1.21 bits per heavy atom. The minimum Gasteiger partial charge on any atom is -0.467 e. The molecule has 0 radical (unpaired) electrons. The Balaban J connectivity index is 2.21. The molecule has 2 aromatic rings. The number of aliphatic hydroxyl groups is 1. The Morgan fingerprint density at radius 2 is 1.93 bits per heavy atom. The summed E-state index contributed by atoms with van der Waals surface area (Å²) in [4.78, 5) is 23.4. The van der Waals surface area contributed by atoms with Crippen molar-refractivity contribution in [3.8, 4) is 0 Å². The molecule has 2 rings (SSSR count). The number of benzene rings is 2. The van der Waals surface area contributed by atoms with Gasteiger partial charge in [-0.2, -0.15) is 0 Å². The predicted octanol–water partition coefficient (Wildman–Crippen LogP) is 1.20. The Bertz CT molecular complexity index is 993. The van der Waals surface area contributed by atoms with Gasteiger partial charge in [-0.1, -0.05) is 12.1 Å². The van der Waals surface area contributed by atoms with E-state index in [1.807, 2.05) is 0 Å². The number of rotatable bonds is 7. The number of hydrogen-bond acceptors (Lipinski definition) is 6. The molecule has 2 aromatic carbocycles. The minimum absolute atomic E-state index is 0.0395. The molecule has 8 nitrogen and oxygen atoms in total. The first kappa shape index (κ1) is 21.3. The Hall–Kier alpha value is -2.98. The second-order valence-electron chi connectivity index (χ2n) is 5.83. The van der Waals surface area contributed by atoms with Crippen LogP contribution in [0.5, 0.6) is 0 Å². The van der Waals surface area contributed by atoms with E-state index < -0.39 is 40.4 Å². The molecule has 0 saturated heterocycles.